The highest BCUT2D eigenvalue weighted by atomic mass is 16.5. The Balaban J connectivity index is 2.36. The minimum absolute atomic E-state index is 0.128. The number of Topliss-reactive ketones (excluding diaryl/α,β-unsaturated/α-hetero) is 1. The maximum Gasteiger partial charge on any atom is 0.351 e. The van der Waals surface area contributed by atoms with Crippen molar-refractivity contribution in [2.45, 2.75) is 31.3 Å². The van der Waals surface area contributed by atoms with E-state index in [-0.39, 0.29) is 5.78 Å². The summed E-state index contributed by atoms with van der Waals surface area (Å²) in [6.45, 7) is 0. The van der Waals surface area contributed by atoms with Gasteiger partial charge in [-0.25, -0.2) is 4.79 Å². The fraction of sp³-hybridized carbons (Fsp3) is 0.412. The van der Waals surface area contributed by atoms with Crippen LogP contribution in [0.1, 0.15) is 31.2 Å². The summed E-state index contributed by atoms with van der Waals surface area (Å²) in [5.74, 6) is 3.53. The van der Waals surface area contributed by atoms with Gasteiger partial charge in [0.2, 0.25) is 5.60 Å². The number of benzene rings is 1. The average Bonchev–Trinajstić information content (AvgIpc) is 2.53. The van der Waals surface area contributed by atoms with Crippen LogP contribution >= 0.6 is 0 Å². The smallest absolute Gasteiger partial charge is 0.351 e. The molecule has 0 amide bonds. The van der Waals surface area contributed by atoms with E-state index >= 15 is 0 Å². The molecule has 0 bridgehead atoms. The molecule has 4 heteroatoms. The predicted molar refractivity (Wildman–Crippen MR) is 77.3 cm³/mol. The van der Waals surface area contributed by atoms with E-state index in [1.165, 1.54) is 7.11 Å². The Morgan fingerprint density at radius 2 is 2.05 bits per heavy atom. The monoisotopic (exact) mass is 286 g/mol. The average molecular weight is 286 g/mol. The molecule has 0 radical (unpaired) electrons. The molecule has 1 N–H and O–H groups in total. The molecule has 0 aromatic heterocycles. The fourth-order valence-electron chi connectivity index (χ4n) is 2.55. The van der Waals surface area contributed by atoms with E-state index in [1.54, 1.807) is 12.1 Å². The molecule has 1 aromatic rings. The van der Waals surface area contributed by atoms with Crippen molar-refractivity contribution in [3.63, 3.8) is 0 Å². The van der Waals surface area contributed by atoms with Crippen LogP contribution < -0.4 is 0 Å². The van der Waals surface area contributed by atoms with Gasteiger partial charge in [-0.2, -0.15) is 0 Å². The minimum atomic E-state index is -2.07. The Labute approximate surface area is 124 Å². The van der Waals surface area contributed by atoms with E-state index in [4.69, 9.17) is 0 Å². The zero-order chi connectivity index (χ0) is 15.3. The maximum atomic E-state index is 12.0. The van der Waals surface area contributed by atoms with Crippen LogP contribution in [0.5, 0.6) is 0 Å². The number of hydrogen-bond donors (Lipinski definition) is 1. The number of methoxy groups -OCH3 is 1. The van der Waals surface area contributed by atoms with Crippen molar-refractivity contribution in [2.24, 2.45) is 5.92 Å². The molecule has 0 unspecified atom stereocenters. The quantitative estimate of drug-likeness (QED) is 0.664. The van der Waals surface area contributed by atoms with Gasteiger partial charge in [0.25, 0.3) is 0 Å². The highest BCUT2D eigenvalue weighted by Gasteiger charge is 2.48. The zero-order valence-electron chi connectivity index (χ0n) is 12.0. The lowest BCUT2D eigenvalue weighted by Gasteiger charge is -2.30. The topological polar surface area (TPSA) is 63.6 Å². The third-order valence-corrected chi connectivity index (χ3v) is 3.73. The van der Waals surface area contributed by atoms with Crippen LogP contribution in [-0.4, -0.2) is 29.6 Å². The molecule has 1 saturated carbocycles. The highest BCUT2D eigenvalue weighted by molar-refractivity contribution is 5.94. The largest absolute Gasteiger partial charge is 0.466 e. The molecule has 21 heavy (non-hydrogen) atoms. The summed E-state index contributed by atoms with van der Waals surface area (Å²) < 4.78 is 4.66. The standard InChI is InChI=1S/C17H18O4/c1-21-16(19)17(20,14-9-5-6-10-15(14)18)12-11-13-7-3-2-4-8-13/h2-4,7-8,14,20H,5-6,9-10H2,1H3/t14-,17-/m1/s1. The van der Waals surface area contributed by atoms with Gasteiger partial charge < -0.3 is 9.84 Å². The lowest BCUT2D eigenvalue weighted by molar-refractivity contribution is -0.165. The van der Waals surface area contributed by atoms with Crippen molar-refractivity contribution in [1.82, 2.24) is 0 Å². The summed E-state index contributed by atoms with van der Waals surface area (Å²) in [6.07, 6.45) is 2.41. The van der Waals surface area contributed by atoms with Gasteiger partial charge in [0.1, 0.15) is 5.78 Å². The Bertz CT molecular complexity index is 582. The Hall–Kier alpha value is -2.12. The van der Waals surface area contributed by atoms with Crippen LogP contribution in [-0.2, 0) is 14.3 Å². The van der Waals surface area contributed by atoms with Gasteiger partial charge in [-0.15, -0.1) is 0 Å². The van der Waals surface area contributed by atoms with E-state index in [2.05, 4.69) is 16.6 Å². The van der Waals surface area contributed by atoms with Gasteiger partial charge in [0.05, 0.1) is 13.0 Å². The van der Waals surface area contributed by atoms with Crippen LogP contribution in [0.15, 0.2) is 30.3 Å². The van der Waals surface area contributed by atoms with E-state index in [0.29, 0.717) is 18.4 Å². The van der Waals surface area contributed by atoms with Crippen molar-refractivity contribution < 1.29 is 19.4 Å². The van der Waals surface area contributed by atoms with E-state index < -0.39 is 17.5 Å². The van der Waals surface area contributed by atoms with Crippen LogP contribution in [0.3, 0.4) is 0 Å². The molecule has 0 saturated heterocycles. The van der Waals surface area contributed by atoms with Crippen molar-refractivity contribution in [3.8, 4) is 11.8 Å². The number of hydrogen-bond acceptors (Lipinski definition) is 4. The normalized spacial score (nSPS) is 20.9. The number of carbonyl (C=O) groups is 2. The second-order valence-corrected chi connectivity index (χ2v) is 5.14. The molecule has 4 nitrogen and oxygen atoms in total. The lowest BCUT2D eigenvalue weighted by atomic mass is 9.76. The maximum absolute atomic E-state index is 12.0. The molecule has 1 aliphatic carbocycles. The van der Waals surface area contributed by atoms with Gasteiger partial charge in [-0.05, 0) is 25.0 Å². The first-order valence-electron chi connectivity index (χ1n) is 6.99. The first kappa shape index (κ1) is 15.3. The van der Waals surface area contributed by atoms with Crippen LogP contribution in [0.25, 0.3) is 0 Å². The summed E-state index contributed by atoms with van der Waals surface area (Å²) in [7, 11) is 1.19. The molecule has 2 atom stereocenters. The Kier molecular flexibility index (Phi) is 4.77. The van der Waals surface area contributed by atoms with Crippen molar-refractivity contribution in [2.75, 3.05) is 7.11 Å². The van der Waals surface area contributed by atoms with Gasteiger partial charge >= 0.3 is 5.97 Å². The second kappa shape index (κ2) is 6.55. The van der Waals surface area contributed by atoms with Crippen molar-refractivity contribution in [3.05, 3.63) is 35.9 Å². The fourth-order valence-corrected chi connectivity index (χ4v) is 2.55. The summed E-state index contributed by atoms with van der Waals surface area (Å²) >= 11 is 0. The molecular weight excluding hydrogens is 268 g/mol. The number of rotatable bonds is 2. The number of ketones is 1. The molecule has 0 aliphatic heterocycles. The molecule has 1 fully saturated rings. The molecule has 110 valence electrons. The zero-order valence-corrected chi connectivity index (χ0v) is 12.0. The van der Waals surface area contributed by atoms with Crippen LogP contribution in [0.4, 0.5) is 0 Å². The summed E-state index contributed by atoms with van der Waals surface area (Å²) in [5.41, 5.74) is -1.40. The molecule has 1 aromatic carbocycles. The van der Waals surface area contributed by atoms with Crippen molar-refractivity contribution in [1.29, 1.82) is 0 Å². The van der Waals surface area contributed by atoms with E-state index in [1.807, 2.05) is 18.2 Å². The number of aliphatic hydroxyl groups is 1. The van der Waals surface area contributed by atoms with E-state index in [0.717, 1.165) is 12.8 Å². The van der Waals surface area contributed by atoms with Gasteiger partial charge in [0, 0.05) is 12.0 Å². The van der Waals surface area contributed by atoms with Gasteiger partial charge in [-0.1, -0.05) is 36.5 Å². The number of ether oxygens (including phenoxy) is 1. The predicted octanol–water partition coefficient (Wildman–Crippen LogP) is 1.70. The molecular formula is C17H18O4. The van der Waals surface area contributed by atoms with Crippen molar-refractivity contribution >= 4 is 11.8 Å². The minimum Gasteiger partial charge on any atom is -0.466 e. The highest BCUT2D eigenvalue weighted by Crippen LogP contribution is 2.31. The number of esters is 1. The van der Waals surface area contributed by atoms with Crippen LogP contribution in [0.2, 0.25) is 0 Å². The second-order valence-electron chi connectivity index (χ2n) is 5.14. The summed E-state index contributed by atoms with van der Waals surface area (Å²) in [5, 5.41) is 10.7. The first-order valence-corrected chi connectivity index (χ1v) is 6.99. The molecule has 1 aliphatic rings. The Morgan fingerprint density at radius 1 is 1.33 bits per heavy atom. The third kappa shape index (κ3) is 3.32. The first-order chi connectivity index (χ1) is 10.1. The van der Waals surface area contributed by atoms with Gasteiger partial charge in [-0.3, -0.25) is 4.79 Å². The molecule has 0 heterocycles. The third-order valence-electron chi connectivity index (χ3n) is 3.73. The SMILES string of the molecule is COC(=O)[C@@](O)(C#Cc1ccccc1)[C@@H]1CCCCC1=O. The molecule has 0 spiro atoms. The summed E-state index contributed by atoms with van der Waals surface area (Å²) in [6, 6.07) is 9.02. The Morgan fingerprint density at radius 3 is 2.67 bits per heavy atom. The molecule has 2 rings (SSSR count). The summed E-state index contributed by atoms with van der Waals surface area (Å²) in [4.78, 5) is 24.0. The number of carbonyl (C=O) groups excluding carboxylic acids is 2. The van der Waals surface area contributed by atoms with Gasteiger partial charge in [0.15, 0.2) is 0 Å². The van der Waals surface area contributed by atoms with Crippen LogP contribution in [0, 0.1) is 17.8 Å². The van der Waals surface area contributed by atoms with E-state index in [9.17, 15) is 14.7 Å². The lowest BCUT2D eigenvalue weighted by Crippen LogP contribution is -2.49.